The van der Waals surface area contributed by atoms with Gasteiger partial charge in [-0.25, -0.2) is 4.98 Å². The lowest BCUT2D eigenvalue weighted by Gasteiger charge is -2.06. The molecule has 1 heterocycles. The van der Waals surface area contributed by atoms with Crippen molar-refractivity contribution in [3.05, 3.63) is 64.0 Å². The maximum absolute atomic E-state index is 9.46. The number of methoxy groups -OCH3 is 1. The van der Waals surface area contributed by atoms with Gasteiger partial charge in [0.05, 0.1) is 18.5 Å². The molecule has 5 nitrogen and oxygen atoms in total. The number of hydrazone groups is 1. The van der Waals surface area contributed by atoms with Crippen LogP contribution in [0.25, 0.3) is 11.3 Å². The fourth-order valence-corrected chi connectivity index (χ4v) is 3.16. The Bertz CT molecular complexity index is 1000. The molecule has 0 aliphatic rings. The molecule has 0 saturated carbocycles. The SMILES string of the molecule is COc1ccccc1N/N=C(/C#N)c1nc(-c2ccc(C)c(C)c2)cs1. The maximum Gasteiger partial charge on any atom is 0.196 e. The van der Waals surface area contributed by atoms with E-state index < -0.39 is 0 Å². The first-order valence-corrected chi connectivity index (χ1v) is 8.90. The van der Waals surface area contributed by atoms with Gasteiger partial charge in [-0.2, -0.15) is 10.4 Å². The fraction of sp³-hybridized carbons (Fsp3) is 0.150. The number of benzene rings is 2. The number of aryl methyl sites for hydroxylation is 2. The number of thiazole rings is 1. The standard InChI is InChI=1S/C20H18N4OS/c1-13-8-9-15(10-14(13)2)18-12-26-20(22-18)17(11-21)24-23-16-6-4-5-7-19(16)25-3/h4-10,12,23H,1-3H3/b24-17-. The minimum atomic E-state index is 0.232. The van der Waals surface area contributed by atoms with E-state index in [0.29, 0.717) is 16.4 Å². The molecule has 0 fully saturated rings. The van der Waals surface area contributed by atoms with E-state index in [0.717, 1.165) is 11.3 Å². The summed E-state index contributed by atoms with van der Waals surface area (Å²) in [5.41, 5.74) is 8.13. The predicted molar refractivity (Wildman–Crippen MR) is 106 cm³/mol. The second-order valence-electron chi connectivity index (χ2n) is 5.72. The highest BCUT2D eigenvalue weighted by Crippen LogP contribution is 2.25. The van der Waals surface area contributed by atoms with E-state index in [-0.39, 0.29) is 5.71 Å². The topological polar surface area (TPSA) is 70.3 Å². The number of rotatable bonds is 5. The number of ether oxygens (including phenoxy) is 1. The quantitative estimate of drug-likeness (QED) is 0.524. The lowest BCUT2D eigenvalue weighted by atomic mass is 10.1. The largest absolute Gasteiger partial charge is 0.495 e. The van der Waals surface area contributed by atoms with Crippen LogP contribution in [0.4, 0.5) is 5.69 Å². The Balaban J connectivity index is 1.86. The van der Waals surface area contributed by atoms with Crippen LogP contribution in [0.3, 0.4) is 0 Å². The van der Waals surface area contributed by atoms with E-state index in [4.69, 9.17) is 4.74 Å². The summed E-state index contributed by atoms with van der Waals surface area (Å²) in [5, 5.41) is 16.2. The van der Waals surface area contributed by atoms with Crippen molar-refractivity contribution in [1.82, 2.24) is 4.98 Å². The Labute approximate surface area is 156 Å². The third kappa shape index (κ3) is 3.73. The molecular weight excluding hydrogens is 344 g/mol. The Morgan fingerprint density at radius 2 is 2.00 bits per heavy atom. The Morgan fingerprint density at radius 1 is 1.19 bits per heavy atom. The number of hydrogen-bond acceptors (Lipinski definition) is 6. The summed E-state index contributed by atoms with van der Waals surface area (Å²) in [6.07, 6.45) is 0. The number of nitrogens with zero attached hydrogens (tertiary/aromatic N) is 3. The van der Waals surface area contributed by atoms with Gasteiger partial charge in [-0.1, -0.05) is 24.3 Å². The van der Waals surface area contributed by atoms with Crippen LogP contribution in [0.2, 0.25) is 0 Å². The Kier molecular flexibility index (Phi) is 5.30. The monoisotopic (exact) mass is 362 g/mol. The second-order valence-corrected chi connectivity index (χ2v) is 6.58. The zero-order valence-corrected chi connectivity index (χ0v) is 15.6. The molecule has 0 aliphatic heterocycles. The molecule has 1 aromatic heterocycles. The van der Waals surface area contributed by atoms with Crippen LogP contribution in [-0.2, 0) is 0 Å². The summed E-state index contributed by atoms with van der Waals surface area (Å²) in [5.74, 6) is 0.656. The van der Waals surface area contributed by atoms with Gasteiger partial charge in [-0.3, -0.25) is 5.43 Å². The molecule has 6 heteroatoms. The molecule has 0 bridgehead atoms. The van der Waals surface area contributed by atoms with Crippen LogP contribution in [0.15, 0.2) is 52.9 Å². The molecule has 0 radical (unpaired) electrons. The summed E-state index contributed by atoms with van der Waals surface area (Å²) < 4.78 is 5.27. The second kappa shape index (κ2) is 7.81. The van der Waals surface area contributed by atoms with E-state index >= 15 is 0 Å². The molecular formula is C20H18N4OS. The third-order valence-corrected chi connectivity index (χ3v) is 4.86. The van der Waals surface area contributed by atoms with Gasteiger partial charge in [-0.05, 0) is 43.2 Å². The van der Waals surface area contributed by atoms with E-state index in [9.17, 15) is 5.26 Å². The van der Waals surface area contributed by atoms with Gasteiger partial charge < -0.3 is 4.74 Å². The molecule has 0 spiro atoms. The van der Waals surface area contributed by atoms with Gasteiger partial charge >= 0.3 is 0 Å². The average molecular weight is 362 g/mol. The highest BCUT2D eigenvalue weighted by molar-refractivity contribution is 7.12. The highest BCUT2D eigenvalue weighted by Gasteiger charge is 2.11. The van der Waals surface area contributed by atoms with Crippen molar-refractivity contribution in [2.75, 3.05) is 12.5 Å². The highest BCUT2D eigenvalue weighted by atomic mass is 32.1. The molecule has 1 N–H and O–H groups in total. The van der Waals surface area contributed by atoms with Gasteiger partial charge in [0.15, 0.2) is 10.7 Å². The zero-order chi connectivity index (χ0) is 18.5. The van der Waals surface area contributed by atoms with Crippen molar-refractivity contribution in [3.63, 3.8) is 0 Å². The maximum atomic E-state index is 9.46. The fourth-order valence-electron chi connectivity index (χ4n) is 2.39. The number of para-hydroxylation sites is 2. The first-order valence-electron chi connectivity index (χ1n) is 8.02. The molecule has 0 saturated heterocycles. The molecule has 26 heavy (non-hydrogen) atoms. The lowest BCUT2D eigenvalue weighted by molar-refractivity contribution is 0.416. The van der Waals surface area contributed by atoms with Gasteiger partial charge in [0.25, 0.3) is 0 Å². The molecule has 2 aromatic carbocycles. The summed E-state index contributed by atoms with van der Waals surface area (Å²) >= 11 is 1.40. The van der Waals surface area contributed by atoms with Crippen LogP contribution in [0.1, 0.15) is 16.1 Å². The van der Waals surface area contributed by atoms with Crippen LogP contribution in [-0.4, -0.2) is 17.8 Å². The van der Waals surface area contributed by atoms with Crippen molar-refractivity contribution >= 4 is 22.7 Å². The number of nitrogens with one attached hydrogen (secondary N) is 1. The van der Waals surface area contributed by atoms with E-state index in [1.807, 2.05) is 35.7 Å². The zero-order valence-electron chi connectivity index (χ0n) is 14.8. The summed E-state index contributed by atoms with van der Waals surface area (Å²) in [4.78, 5) is 4.57. The minimum Gasteiger partial charge on any atom is -0.495 e. The molecule has 0 aliphatic carbocycles. The molecule has 3 rings (SSSR count). The minimum absolute atomic E-state index is 0.232. The van der Waals surface area contributed by atoms with Crippen LogP contribution in [0.5, 0.6) is 5.75 Å². The Morgan fingerprint density at radius 3 is 2.73 bits per heavy atom. The van der Waals surface area contributed by atoms with Crippen molar-refractivity contribution in [2.24, 2.45) is 5.10 Å². The molecule has 0 atom stereocenters. The molecule has 0 unspecified atom stereocenters. The summed E-state index contributed by atoms with van der Waals surface area (Å²) in [7, 11) is 1.59. The van der Waals surface area contributed by atoms with Gasteiger partial charge in [-0.15, -0.1) is 11.3 Å². The average Bonchev–Trinajstić information content (AvgIpc) is 3.15. The van der Waals surface area contributed by atoms with Crippen LogP contribution >= 0.6 is 11.3 Å². The number of hydrogen-bond donors (Lipinski definition) is 1. The summed E-state index contributed by atoms with van der Waals surface area (Å²) in [6, 6.07) is 15.7. The first-order chi connectivity index (χ1) is 12.6. The third-order valence-electron chi connectivity index (χ3n) is 4.01. The normalized spacial score (nSPS) is 11.1. The number of anilines is 1. The van der Waals surface area contributed by atoms with Crippen molar-refractivity contribution in [3.8, 4) is 23.1 Å². The van der Waals surface area contributed by atoms with Crippen LogP contribution in [0, 0.1) is 25.2 Å². The molecule has 0 amide bonds. The van der Waals surface area contributed by atoms with Crippen LogP contribution < -0.4 is 10.2 Å². The predicted octanol–water partition coefficient (Wildman–Crippen LogP) is 4.78. The molecule has 3 aromatic rings. The molecule has 130 valence electrons. The number of nitriles is 1. The summed E-state index contributed by atoms with van der Waals surface area (Å²) in [6.45, 7) is 4.15. The Hall–Kier alpha value is -3.17. The first kappa shape index (κ1) is 17.6. The number of aromatic nitrogens is 1. The van der Waals surface area contributed by atoms with Gasteiger partial charge in [0, 0.05) is 10.9 Å². The van der Waals surface area contributed by atoms with Gasteiger partial charge in [0.1, 0.15) is 11.8 Å². The van der Waals surface area contributed by atoms with E-state index in [1.54, 1.807) is 7.11 Å². The van der Waals surface area contributed by atoms with Crippen molar-refractivity contribution < 1.29 is 4.74 Å². The van der Waals surface area contributed by atoms with Gasteiger partial charge in [0.2, 0.25) is 0 Å². The van der Waals surface area contributed by atoms with Crippen molar-refractivity contribution in [1.29, 1.82) is 5.26 Å². The van der Waals surface area contributed by atoms with Crippen molar-refractivity contribution in [2.45, 2.75) is 13.8 Å². The lowest BCUT2D eigenvalue weighted by Crippen LogP contribution is -2.02. The van der Waals surface area contributed by atoms with E-state index in [2.05, 4.69) is 47.6 Å². The smallest absolute Gasteiger partial charge is 0.196 e. The van der Waals surface area contributed by atoms with E-state index in [1.165, 1.54) is 22.5 Å².